The van der Waals surface area contributed by atoms with Crippen molar-refractivity contribution in [2.24, 2.45) is 0 Å². The van der Waals surface area contributed by atoms with E-state index in [-0.39, 0.29) is 10.5 Å². The minimum absolute atomic E-state index is 0.279. The van der Waals surface area contributed by atoms with Crippen molar-refractivity contribution in [2.75, 3.05) is 0 Å². The van der Waals surface area contributed by atoms with Crippen molar-refractivity contribution >= 4 is 55.0 Å². The molecule has 8 rings (SSSR count). The van der Waals surface area contributed by atoms with Gasteiger partial charge in [0.05, 0.1) is 22.4 Å². The molecule has 0 aliphatic carbocycles. The molecule has 0 amide bonds. The first kappa shape index (κ1) is 22.2. The molecule has 0 saturated heterocycles. The molecular formula is C35H23N3S. The van der Waals surface area contributed by atoms with Gasteiger partial charge in [0.15, 0.2) is 0 Å². The Morgan fingerprint density at radius 3 is 1.85 bits per heavy atom. The zero-order chi connectivity index (χ0) is 25.9. The summed E-state index contributed by atoms with van der Waals surface area (Å²) in [7, 11) is -0.279. The Bertz CT molecular complexity index is 2070. The molecular weight excluding hydrogens is 494 g/mol. The van der Waals surface area contributed by atoms with Gasteiger partial charge >= 0.3 is 0 Å². The van der Waals surface area contributed by atoms with Crippen LogP contribution in [0.15, 0.2) is 126 Å². The fourth-order valence-electron chi connectivity index (χ4n) is 5.82. The Labute approximate surface area is 228 Å². The molecule has 3 nitrogen and oxygen atoms in total. The van der Waals surface area contributed by atoms with Gasteiger partial charge in [0.2, 0.25) is 5.95 Å². The van der Waals surface area contributed by atoms with E-state index in [4.69, 9.17) is 9.97 Å². The van der Waals surface area contributed by atoms with Crippen LogP contribution in [0.3, 0.4) is 0 Å². The molecule has 0 spiro atoms. The van der Waals surface area contributed by atoms with Crippen molar-refractivity contribution in [3.8, 4) is 28.5 Å². The van der Waals surface area contributed by atoms with Crippen LogP contribution in [0, 0.1) is 0 Å². The van der Waals surface area contributed by atoms with Crippen molar-refractivity contribution < 1.29 is 0 Å². The van der Waals surface area contributed by atoms with Gasteiger partial charge in [-0.05, 0) is 40.0 Å². The molecule has 184 valence electrons. The van der Waals surface area contributed by atoms with Crippen LogP contribution in [0.1, 0.15) is 5.56 Å². The van der Waals surface area contributed by atoms with Crippen LogP contribution in [0.2, 0.25) is 0 Å². The number of nitrogens with zero attached hydrogens (tertiary/aromatic N) is 3. The largest absolute Gasteiger partial charge is 0.277 e. The lowest BCUT2D eigenvalue weighted by Gasteiger charge is -2.15. The van der Waals surface area contributed by atoms with Crippen LogP contribution >= 0.6 is 10.5 Å². The predicted octanol–water partition coefficient (Wildman–Crippen LogP) is 9.11. The standard InChI is InChI=1S/C35H23N3S/c1-39-21-20-27-25-16-8-9-17-26(25)32-28-18-10-11-19-31(28)38(33(32)34(27)39)35-36-29(23-12-4-2-5-13-23)22-30(37-35)24-14-6-3-7-15-24/h2-22H,1H2. The van der Waals surface area contributed by atoms with E-state index in [2.05, 4.69) is 125 Å². The highest BCUT2D eigenvalue weighted by Crippen LogP contribution is 2.50. The summed E-state index contributed by atoms with van der Waals surface area (Å²) in [5.74, 6) is 5.23. The van der Waals surface area contributed by atoms with Crippen molar-refractivity contribution in [3.05, 3.63) is 126 Å². The van der Waals surface area contributed by atoms with Gasteiger partial charge < -0.3 is 0 Å². The van der Waals surface area contributed by atoms with Crippen molar-refractivity contribution in [2.45, 2.75) is 4.90 Å². The zero-order valence-electron chi connectivity index (χ0n) is 21.1. The average Bonchev–Trinajstić information content (AvgIpc) is 3.56. The lowest BCUT2D eigenvalue weighted by molar-refractivity contribution is 0.989. The Balaban J connectivity index is 1.56. The number of hydrogen-bond donors (Lipinski definition) is 0. The Hall–Kier alpha value is -4.80. The summed E-state index contributed by atoms with van der Waals surface area (Å²) >= 11 is 0. The van der Waals surface area contributed by atoms with Gasteiger partial charge in [-0.1, -0.05) is 109 Å². The maximum absolute atomic E-state index is 5.22. The lowest BCUT2D eigenvalue weighted by Crippen LogP contribution is -2.05. The van der Waals surface area contributed by atoms with Crippen LogP contribution in [0.4, 0.5) is 0 Å². The molecule has 0 N–H and O–H groups in total. The lowest BCUT2D eigenvalue weighted by atomic mass is 9.99. The maximum atomic E-state index is 5.22. The highest BCUT2D eigenvalue weighted by molar-refractivity contribution is 8.17. The molecule has 1 aliphatic rings. The van der Waals surface area contributed by atoms with Crippen molar-refractivity contribution in [3.63, 3.8) is 0 Å². The normalized spacial score (nSPS) is 14.4. The van der Waals surface area contributed by atoms with Gasteiger partial charge in [0, 0.05) is 26.8 Å². The molecule has 0 radical (unpaired) electrons. The molecule has 0 bridgehead atoms. The van der Waals surface area contributed by atoms with E-state index in [0.717, 1.165) is 33.5 Å². The fraction of sp³-hybridized carbons (Fsp3) is 0. The summed E-state index contributed by atoms with van der Waals surface area (Å²) in [5, 5.41) is 7.17. The Morgan fingerprint density at radius 2 is 1.18 bits per heavy atom. The van der Waals surface area contributed by atoms with Gasteiger partial charge in [-0.2, -0.15) is 0 Å². The second kappa shape index (κ2) is 8.62. The maximum Gasteiger partial charge on any atom is 0.235 e. The zero-order valence-corrected chi connectivity index (χ0v) is 21.9. The summed E-state index contributed by atoms with van der Waals surface area (Å²) in [4.78, 5) is 11.7. The quantitative estimate of drug-likeness (QED) is 0.219. The first-order valence-corrected chi connectivity index (χ1v) is 14.4. The van der Waals surface area contributed by atoms with Gasteiger partial charge in [0.25, 0.3) is 0 Å². The predicted molar refractivity (Wildman–Crippen MR) is 167 cm³/mol. The van der Waals surface area contributed by atoms with E-state index in [0.29, 0.717) is 5.95 Å². The molecule has 1 aliphatic heterocycles. The third kappa shape index (κ3) is 3.35. The second-order valence-corrected chi connectivity index (χ2v) is 11.3. The SMILES string of the molecule is C=S1C=Cc2c1c1c(c3ccccc23)c2ccccc2n1-c1nc(-c2ccccc2)cc(-c2ccccc2)n1. The van der Waals surface area contributed by atoms with E-state index in [9.17, 15) is 0 Å². The summed E-state index contributed by atoms with van der Waals surface area (Å²) in [6.45, 7) is 0. The molecule has 3 heterocycles. The average molecular weight is 518 g/mol. The molecule has 1 unspecified atom stereocenters. The van der Waals surface area contributed by atoms with E-state index >= 15 is 0 Å². The Morgan fingerprint density at radius 1 is 0.615 bits per heavy atom. The number of hydrogen-bond acceptors (Lipinski definition) is 2. The van der Waals surface area contributed by atoms with Crippen LogP contribution in [0.25, 0.3) is 67.1 Å². The van der Waals surface area contributed by atoms with Crippen LogP contribution in [0.5, 0.6) is 0 Å². The third-order valence-corrected chi connectivity index (χ3v) is 8.94. The fourth-order valence-corrected chi connectivity index (χ4v) is 7.16. The summed E-state index contributed by atoms with van der Waals surface area (Å²) in [6.07, 6.45) is 2.24. The monoisotopic (exact) mass is 517 g/mol. The summed E-state index contributed by atoms with van der Waals surface area (Å²) in [5.41, 5.74) is 7.42. The number of fused-ring (bicyclic) bond motifs is 8. The van der Waals surface area contributed by atoms with Gasteiger partial charge in [-0.15, -0.1) is 10.5 Å². The van der Waals surface area contributed by atoms with Crippen LogP contribution in [-0.2, 0) is 0 Å². The minimum Gasteiger partial charge on any atom is -0.277 e. The number of aromatic nitrogens is 3. The second-order valence-electron chi connectivity index (χ2n) is 9.77. The van der Waals surface area contributed by atoms with Crippen molar-refractivity contribution in [1.29, 1.82) is 0 Å². The highest BCUT2D eigenvalue weighted by Gasteiger charge is 2.25. The van der Waals surface area contributed by atoms with Gasteiger partial charge in [-0.25, -0.2) is 9.97 Å². The van der Waals surface area contributed by atoms with Crippen LogP contribution in [-0.4, -0.2) is 20.4 Å². The highest BCUT2D eigenvalue weighted by atomic mass is 32.2. The molecule has 4 heteroatoms. The number of benzene rings is 5. The molecule has 39 heavy (non-hydrogen) atoms. The molecule has 7 aromatic rings. The topological polar surface area (TPSA) is 30.7 Å². The first-order chi connectivity index (χ1) is 19.3. The molecule has 5 aromatic carbocycles. The molecule has 0 saturated carbocycles. The van der Waals surface area contributed by atoms with Crippen molar-refractivity contribution in [1.82, 2.24) is 14.5 Å². The van der Waals surface area contributed by atoms with Gasteiger partial charge in [0.1, 0.15) is 0 Å². The molecule has 1 atom stereocenters. The minimum atomic E-state index is -0.279. The summed E-state index contributed by atoms with van der Waals surface area (Å²) < 4.78 is 2.27. The molecule has 2 aromatic heterocycles. The molecule has 0 fully saturated rings. The number of para-hydroxylation sites is 1. The van der Waals surface area contributed by atoms with E-state index in [1.807, 2.05) is 12.1 Å². The third-order valence-electron chi connectivity index (χ3n) is 7.54. The van der Waals surface area contributed by atoms with E-state index < -0.39 is 0 Å². The van der Waals surface area contributed by atoms with Gasteiger partial charge in [-0.3, -0.25) is 4.57 Å². The first-order valence-electron chi connectivity index (χ1n) is 13.0. The smallest absolute Gasteiger partial charge is 0.235 e. The Kier molecular flexibility index (Phi) is 4.91. The van der Waals surface area contributed by atoms with E-state index in [1.165, 1.54) is 32.0 Å². The van der Waals surface area contributed by atoms with E-state index in [1.54, 1.807) is 0 Å². The number of rotatable bonds is 3. The van der Waals surface area contributed by atoms with Crippen LogP contribution < -0.4 is 0 Å². The summed E-state index contributed by atoms with van der Waals surface area (Å²) in [6, 6.07) is 40.1.